The number of nitrogens with zero attached hydrogens (tertiary/aromatic N) is 2. The SMILES string of the molecule is Cc1cccc(N(CCc2cccnc2)c2ccccc2C(=O)O)c1C. The highest BCUT2D eigenvalue weighted by molar-refractivity contribution is 5.95. The van der Waals surface area contributed by atoms with Gasteiger partial charge in [0, 0.05) is 24.6 Å². The van der Waals surface area contributed by atoms with Gasteiger partial charge in [0.1, 0.15) is 0 Å². The third-order valence-corrected chi connectivity index (χ3v) is 4.64. The number of pyridine rings is 1. The van der Waals surface area contributed by atoms with Gasteiger partial charge in [-0.2, -0.15) is 0 Å². The lowest BCUT2D eigenvalue weighted by Gasteiger charge is -2.28. The Morgan fingerprint density at radius 2 is 1.77 bits per heavy atom. The minimum absolute atomic E-state index is 0.305. The summed E-state index contributed by atoms with van der Waals surface area (Å²) in [6.07, 6.45) is 4.38. The number of carboxylic acids is 1. The van der Waals surface area contributed by atoms with E-state index in [-0.39, 0.29) is 0 Å². The molecule has 4 heteroatoms. The number of carbonyl (C=O) groups is 1. The van der Waals surface area contributed by atoms with Crippen LogP contribution in [0, 0.1) is 13.8 Å². The van der Waals surface area contributed by atoms with E-state index in [0.29, 0.717) is 17.8 Å². The van der Waals surface area contributed by atoms with Gasteiger partial charge in [0.05, 0.1) is 11.3 Å². The molecule has 0 atom stereocenters. The van der Waals surface area contributed by atoms with Crippen molar-refractivity contribution in [3.63, 3.8) is 0 Å². The molecule has 0 saturated carbocycles. The second-order valence-corrected chi connectivity index (χ2v) is 6.30. The van der Waals surface area contributed by atoms with E-state index in [1.54, 1.807) is 18.3 Å². The van der Waals surface area contributed by atoms with Gasteiger partial charge in [-0.25, -0.2) is 4.79 Å². The molecule has 0 unspecified atom stereocenters. The first kappa shape index (κ1) is 17.7. The fraction of sp³-hybridized carbons (Fsp3) is 0.182. The number of aryl methyl sites for hydroxylation is 1. The molecule has 4 nitrogen and oxygen atoms in total. The zero-order chi connectivity index (χ0) is 18.5. The smallest absolute Gasteiger partial charge is 0.337 e. The first-order chi connectivity index (χ1) is 12.6. The van der Waals surface area contributed by atoms with Crippen molar-refractivity contribution in [3.8, 4) is 0 Å². The molecule has 3 rings (SSSR count). The zero-order valence-electron chi connectivity index (χ0n) is 15.0. The minimum atomic E-state index is -0.919. The summed E-state index contributed by atoms with van der Waals surface area (Å²) in [5.74, 6) is -0.919. The second-order valence-electron chi connectivity index (χ2n) is 6.30. The molecule has 0 bridgehead atoms. The maximum Gasteiger partial charge on any atom is 0.337 e. The Labute approximate surface area is 153 Å². The molecule has 0 aliphatic carbocycles. The van der Waals surface area contributed by atoms with Crippen molar-refractivity contribution in [1.82, 2.24) is 4.98 Å². The number of rotatable bonds is 6. The van der Waals surface area contributed by atoms with Gasteiger partial charge in [-0.15, -0.1) is 0 Å². The van der Waals surface area contributed by atoms with E-state index < -0.39 is 5.97 Å². The molecule has 2 aromatic carbocycles. The number of anilines is 2. The van der Waals surface area contributed by atoms with E-state index in [2.05, 4.69) is 29.8 Å². The molecule has 1 heterocycles. The van der Waals surface area contributed by atoms with Crippen molar-refractivity contribution in [1.29, 1.82) is 0 Å². The summed E-state index contributed by atoms with van der Waals surface area (Å²) in [5, 5.41) is 9.63. The molecule has 0 aliphatic rings. The Bertz CT molecular complexity index is 907. The Morgan fingerprint density at radius 1 is 1.00 bits per heavy atom. The molecule has 1 N–H and O–H groups in total. The van der Waals surface area contributed by atoms with Crippen molar-refractivity contribution in [2.24, 2.45) is 0 Å². The third kappa shape index (κ3) is 3.75. The summed E-state index contributed by atoms with van der Waals surface area (Å²) in [6, 6.07) is 17.2. The highest BCUT2D eigenvalue weighted by Gasteiger charge is 2.19. The molecule has 0 radical (unpaired) electrons. The summed E-state index contributed by atoms with van der Waals surface area (Å²) < 4.78 is 0. The largest absolute Gasteiger partial charge is 0.478 e. The molecular formula is C22H22N2O2. The summed E-state index contributed by atoms with van der Waals surface area (Å²) in [6.45, 7) is 4.81. The van der Waals surface area contributed by atoms with Gasteiger partial charge in [-0.3, -0.25) is 4.98 Å². The van der Waals surface area contributed by atoms with Gasteiger partial charge >= 0.3 is 5.97 Å². The van der Waals surface area contributed by atoms with Crippen LogP contribution < -0.4 is 4.90 Å². The van der Waals surface area contributed by atoms with E-state index in [1.807, 2.05) is 42.6 Å². The number of aromatic nitrogens is 1. The maximum atomic E-state index is 11.7. The molecule has 0 aliphatic heterocycles. The van der Waals surface area contributed by atoms with Gasteiger partial charge in [0.25, 0.3) is 0 Å². The molecule has 26 heavy (non-hydrogen) atoms. The van der Waals surface area contributed by atoms with Crippen LogP contribution in [0.15, 0.2) is 67.0 Å². The number of hydrogen-bond acceptors (Lipinski definition) is 3. The summed E-state index contributed by atoms with van der Waals surface area (Å²) in [7, 11) is 0. The predicted molar refractivity (Wildman–Crippen MR) is 104 cm³/mol. The van der Waals surface area contributed by atoms with E-state index in [0.717, 1.165) is 23.2 Å². The predicted octanol–water partition coefficient (Wildman–Crippen LogP) is 4.78. The van der Waals surface area contributed by atoms with Crippen molar-refractivity contribution in [2.45, 2.75) is 20.3 Å². The van der Waals surface area contributed by atoms with Crippen LogP contribution in [-0.2, 0) is 6.42 Å². The fourth-order valence-corrected chi connectivity index (χ4v) is 3.08. The summed E-state index contributed by atoms with van der Waals surface area (Å²) in [5.41, 5.74) is 5.50. The average Bonchev–Trinajstić information content (AvgIpc) is 2.66. The zero-order valence-corrected chi connectivity index (χ0v) is 15.0. The van der Waals surface area contributed by atoms with Crippen LogP contribution in [0.4, 0.5) is 11.4 Å². The quantitative estimate of drug-likeness (QED) is 0.698. The first-order valence-corrected chi connectivity index (χ1v) is 8.63. The van der Waals surface area contributed by atoms with Crippen LogP contribution in [0.3, 0.4) is 0 Å². The monoisotopic (exact) mass is 346 g/mol. The van der Waals surface area contributed by atoms with E-state index in [1.165, 1.54) is 5.56 Å². The highest BCUT2D eigenvalue weighted by Crippen LogP contribution is 2.32. The van der Waals surface area contributed by atoms with Gasteiger partial charge in [0.2, 0.25) is 0 Å². The van der Waals surface area contributed by atoms with E-state index in [9.17, 15) is 9.90 Å². The maximum absolute atomic E-state index is 11.7. The lowest BCUT2D eigenvalue weighted by atomic mass is 10.0. The van der Waals surface area contributed by atoms with Gasteiger partial charge < -0.3 is 10.0 Å². The van der Waals surface area contributed by atoms with Crippen molar-refractivity contribution < 1.29 is 9.90 Å². The van der Waals surface area contributed by atoms with Crippen LogP contribution in [-0.4, -0.2) is 22.6 Å². The second kappa shape index (κ2) is 7.83. The number of benzene rings is 2. The van der Waals surface area contributed by atoms with E-state index >= 15 is 0 Å². The molecule has 0 fully saturated rings. The van der Waals surface area contributed by atoms with Crippen LogP contribution in [0.2, 0.25) is 0 Å². The highest BCUT2D eigenvalue weighted by atomic mass is 16.4. The first-order valence-electron chi connectivity index (χ1n) is 8.63. The van der Waals surface area contributed by atoms with Crippen molar-refractivity contribution in [3.05, 3.63) is 89.2 Å². The Morgan fingerprint density at radius 3 is 2.50 bits per heavy atom. The number of hydrogen-bond donors (Lipinski definition) is 1. The third-order valence-electron chi connectivity index (χ3n) is 4.64. The molecule has 3 aromatic rings. The van der Waals surface area contributed by atoms with Crippen molar-refractivity contribution in [2.75, 3.05) is 11.4 Å². The number of para-hydroxylation sites is 1. The summed E-state index contributed by atoms with van der Waals surface area (Å²) >= 11 is 0. The number of aromatic carboxylic acids is 1. The van der Waals surface area contributed by atoms with Crippen LogP contribution in [0.1, 0.15) is 27.0 Å². The molecule has 0 spiro atoms. The topological polar surface area (TPSA) is 53.4 Å². The number of carboxylic acid groups (broad SMARTS) is 1. The molecular weight excluding hydrogens is 324 g/mol. The lowest BCUT2D eigenvalue weighted by Crippen LogP contribution is -2.23. The van der Waals surface area contributed by atoms with Crippen LogP contribution >= 0.6 is 0 Å². The normalized spacial score (nSPS) is 10.5. The van der Waals surface area contributed by atoms with Gasteiger partial charge in [0.15, 0.2) is 0 Å². The Balaban J connectivity index is 2.05. The average molecular weight is 346 g/mol. The van der Waals surface area contributed by atoms with Crippen molar-refractivity contribution >= 4 is 17.3 Å². The van der Waals surface area contributed by atoms with Gasteiger partial charge in [-0.05, 0) is 61.2 Å². The minimum Gasteiger partial charge on any atom is -0.478 e. The fourth-order valence-electron chi connectivity index (χ4n) is 3.08. The van der Waals surface area contributed by atoms with Crippen LogP contribution in [0.25, 0.3) is 0 Å². The van der Waals surface area contributed by atoms with Crippen LogP contribution in [0.5, 0.6) is 0 Å². The van der Waals surface area contributed by atoms with Gasteiger partial charge in [-0.1, -0.05) is 30.3 Å². The molecule has 132 valence electrons. The Kier molecular flexibility index (Phi) is 5.32. The Hall–Kier alpha value is -3.14. The standard InChI is InChI=1S/C22H22N2O2/c1-16-7-5-11-20(17(16)2)24(14-12-18-8-6-13-23-15-18)21-10-4-3-9-19(21)22(25)26/h3-11,13,15H,12,14H2,1-2H3,(H,25,26). The molecule has 0 saturated heterocycles. The summed E-state index contributed by atoms with van der Waals surface area (Å²) in [4.78, 5) is 18.0. The lowest BCUT2D eigenvalue weighted by molar-refractivity contribution is 0.0697. The molecule has 0 amide bonds. The molecule has 1 aromatic heterocycles. The van der Waals surface area contributed by atoms with E-state index in [4.69, 9.17) is 0 Å².